The van der Waals surface area contributed by atoms with Crippen molar-refractivity contribution in [1.29, 1.82) is 0 Å². The van der Waals surface area contributed by atoms with Gasteiger partial charge in [-0.05, 0) is 19.9 Å². The molecular formula is C16H14FN3O4. The summed E-state index contributed by atoms with van der Waals surface area (Å²) in [6.07, 6.45) is 3.97. The van der Waals surface area contributed by atoms with Crippen LogP contribution in [-0.4, -0.2) is 27.3 Å². The number of nitrogens with zero attached hydrogens (tertiary/aromatic N) is 3. The molecule has 3 aromatic heterocycles. The second-order valence-corrected chi connectivity index (χ2v) is 4.98. The molecule has 0 saturated carbocycles. The molecule has 3 heterocycles. The van der Waals surface area contributed by atoms with Crippen LogP contribution in [-0.2, 0) is 11.3 Å². The zero-order valence-electron chi connectivity index (χ0n) is 13.1. The van der Waals surface area contributed by atoms with E-state index in [9.17, 15) is 14.0 Å². The molecule has 0 N–H and O–H groups in total. The van der Waals surface area contributed by atoms with Crippen LogP contribution in [0.5, 0.6) is 0 Å². The van der Waals surface area contributed by atoms with E-state index in [0.717, 1.165) is 6.07 Å². The van der Waals surface area contributed by atoms with E-state index in [1.54, 1.807) is 11.5 Å². The highest BCUT2D eigenvalue weighted by Crippen LogP contribution is 2.23. The molecule has 0 aromatic carbocycles. The fraction of sp³-hybridized carbons (Fsp3) is 0.250. The minimum Gasteiger partial charge on any atom is -0.462 e. The van der Waals surface area contributed by atoms with Gasteiger partial charge in [0.25, 0.3) is 0 Å². The monoisotopic (exact) mass is 331 g/mol. The molecule has 0 saturated heterocycles. The minimum atomic E-state index is -0.741. The average molecular weight is 331 g/mol. The Bertz CT molecular complexity index is 964. The first-order valence-corrected chi connectivity index (χ1v) is 7.37. The third-order valence-electron chi connectivity index (χ3n) is 3.54. The van der Waals surface area contributed by atoms with E-state index in [-0.39, 0.29) is 28.9 Å². The Labute approximate surface area is 135 Å². The van der Waals surface area contributed by atoms with Crippen molar-refractivity contribution in [2.24, 2.45) is 0 Å². The summed E-state index contributed by atoms with van der Waals surface area (Å²) >= 11 is 0. The molecule has 3 aromatic rings. The van der Waals surface area contributed by atoms with Crippen LogP contribution in [0.4, 0.5) is 4.39 Å². The maximum Gasteiger partial charge on any atom is 0.343 e. The number of aryl methyl sites for hydroxylation is 1. The molecule has 0 aliphatic heterocycles. The van der Waals surface area contributed by atoms with Gasteiger partial charge in [0.15, 0.2) is 5.82 Å². The van der Waals surface area contributed by atoms with Gasteiger partial charge in [0.05, 0.1) is 23.8 Å². The van der Waals surface area contributed by atoms with E-state index < -0.39 is 17.2 Å². The van der Waals surface area contributed by atoms with E-state index in [1.807, 2.05) is 6.92 Å². The summed E-state index contributed by atoms with van der Waals surface area (Å²) in [4.78, 5) is 28.7. The van der Waals surface area contributed by atoms with Crippen LogP contribution in [0.3, 0.4) is 0 Å². The average Bonchev–Trinajstić information content (AvgIpc) is 3.09. The predicted molar refractivity (Wildman–Crippen MR) is 83.1 cm³/mol. The van der Waals surface area contributed by atoms with Crippen molar-refractivity contribution >= 4 is 17.0 Å². The smallest absolute Gasteiger partial charge is 0.343 e. The molecule has 0 atom stereocenters. The van der Waals surface area contributed by atoms with Crippen LogP contribution in [0.25, 0.3) is 22.3 Å². The highest BCUT2D eigenvalue weighted by molar-refractivity contribution is 5.93. The first kappa shape index (κ1) is 15.9. The van der Waals surface area contributed by atoms with Gasteiger partial charge in [0.1, 0.15) is 23.2 Å². The first-order valence-electron chi connectivity index (χ1n) is 7.37. The van der Waals surface area contributed by atoms with Gasteiger partial charge < -0.3 is 13.8 Å². The number of rotatable bonds is 4. The lowest BCUT2D eigenvalue weighted by Gasteiger charge is -2.11. The lowest BCUT2D eigenvalue weighted by atomic mass is 10.1. The van der Waals surface area contributed by atoms with Crippen molar-refractivity contribution in [2.45, 2.75) is 20.4 Å². The fourth-order valence-electron chi connectivity index (χ4n) is 2.41. The van der Waals surface area contributed by atoms with Crippen LogP contribution in [0.15, 0.2) is 34.0 Å². The molecule has 8 heteroatoms. The van der Waals surface area contributed by atoms with E-state index in [2.05, 4.69) is 10.1 Å². The molecular weight excluding hydrogens is 317 g/mol. The Hall–Kier alpha value is -3.03. The van der Waals surface area contributed by atoms with E-state index in [0.29, 0.717) is 12.1 Å². The summed E-state index contributed by atoms with van der Waals surface area (Å²) < 4.78 is 25.6. The van der Waals surface area contributed by atoms with Gasteiger partial charge in [-0.2, -0.15) is 0 Å². The van der Waals surface area contributed by atoms with Gasteiger partial charge in [-0.1, -0.05) is 5.16 Å². The zero-order chi connectivity index (χ0) is 17.3. The van der Waals surface area contributed by atoms with Crippen molar-refractivity contribution < 1.29 is 18.4 Å². The number of aromatic nitrogens is 3. The van der Waals surface area contributed by atoms with Crippen LogP contribution in [0, 0.1) is 5.82 Å². The lowest BCUT2D eigenvalue weighted by Crippen LogP contribution is -2.21. The zero-order valence-corrected chi connectivity index (χ0v) is 13.1. The van der Waals surface area contributed by atoms with Crippen LogP contribution < -0.4 is 5.43 Å². The number of hydrogen-bond acceptors (Lipinski definition) is 6. The summed E-state index contributed by atoms with van der Waals surface area (Å²) in [5.41, 5.74) is -0.108. The number of esters is 1. The van der Waals surface area contributed by atoms with Crippen LogP contribution in [0.2, 0.25) is 0 Å². The molecule has 0 radical (unpaired) electrons. The maximum atomic E-state index is 14.4. The number of hydrogen-bond donors (Lipinski definition) is 0. The maximum absolute atomic E-state index is 14.4. The topological polar surface area (TPSA) is 87.2 Å². The van der Waals surface area contributed by atoms with Crippen molar-refractivity contribution in [3.63, 3.8) is 0 Å². The number of fused-ring (bicyclic) bond motifs is 1. The Morgan fingerprint density at radius 2 is 2.21 bits per heavy atom. The molecule has 0 aliphatic rings. The molecule has 0 unspecified atom stereocenters. The fourth-order valence-corrected chi connectivity index (χ4v) is 2.41. The lowest BCUT2D eigenvalue weighted by molar-refractivity contribution is 0.0524. The first-order chi connectivity index (χ1) is 11.6. The van der Waals surface area contributed by atoms with E-state index >= 15 is 0 Å². The van der Waals surface area contributed by atoms with Crippen molar-refractivity contribution in [3.05, 3.63) is 46.3 Å². The van der Waals surface area contributed by atoms with Crippen molar-refractivity contribution in [2.75, 3.05) is 6.61 Å². The normalized spacial score (nSPS) is 11.0. The quantitative estimate of drug-likeness (QED) is 0.682. The molecule has 0 aliphatic carbocycles. The second-order valence-electron chi connectivity index (χ2n) is 4.98. The summed E-state index contributed by atoms with van der Waals surface area (Å²) in [5.74, 6) is -1.44. The van der Waals surface area contributed by atoms with Crippen molar-refractivity contribution in [1.82, 2.24) is 14.7 Å². The number of carbonyl (C=O) groups excluding carboxylic acids is 1. The minimum absolute atomic E-state index is 0.0140. The van der Waals surface area contributed by atoms with Gasteiger partial charge >= 0.3 is 5.97 Å². The molecule has 3 rings (SSSR count). The Morgan fingerprint density at radius 1 is 1.42 bits per heavy atom. The third-order valence-corrected chi connectivity index (χ3v) is 3.54. The molecule has 7 nitrogen and oxygen atoms in total. The SMILES string of the molecule is CCOC(=O)c1cn(CC)c2nc(-c3cnoc3)c(F)cc2c1=O. The van der Waals surface area contributed by atoms with Crippen LogP contribution in [0.1, 0.15) is 24.2 Å². The number of ether oxygens (including phenoxy) is 1. The molecule has 124 valence electrons. The predicted octanol–water partition coefficient (Wildman–Crippen LogP) is 2.39. The highest BCUT2D eigenvalue weighted by atomic mass is 19.1. The summed E-state index contributed by atoms with van der Waals surface area (Å²) in [6.45, 7) is 4.04. The Balaban J connectivity index is 2.30. The van der Waals surface area contributed by atoms with E-state index in [4.69, 9.17) is 9.26 Å². The summed E-state index contributed by atoms with van der Waals surface area (Å²) in [6, 6.07) is 1.07. The highest BCUT2D eigenvalue weighted by Gasteiger charge is 2.20. The van der Waals surface area contributed by atoms with E-state index in [1.165, 1.54) is 18.7 Å². The second kappa shape index (κ2) is 6.23. The molecule has 0 spiro atoms. The van der Waals surface area contributed by atoms with Gasteiger partial charge in [-0.15, -0.1) is 0 Å². The Morgan fingerprint density at radius 3 is 2.83 bits per heavy atom. The third kappa shape index (κ3) is 2.55. The molecule has 0 fully saturated rings. The molecule has 0 amide bonds. The Kier molecular flexibility index (Phi) is 4.11. The van der Waals surface area contributed by atoms with Crippen LogP contribution >= 0.6 is 0 Å². The largest absolute Gasteiger partial charge is 0.462 e. The number of pyridine rings is 2. The van der Waals surface area contributed by atoms with Crippen molar-refractivity contribution in [3.8, 4) is 11.3 Å². The van der Waals surface area contributed by atoms with Gasteiger partial charge in [0.2, 0.25) is 5.43 Å². The summed E-state index contributed by atoms with van der Waals surface area (Å²) in [5, 5.41) is 3.54. The molecule has 0 bridgehead atoms. The van der Waals surface area contributed by atoms with Gasteiger partial charge in [-0.3, -0.25) is 4.79 Å². The molecule has 24 heavy (non-hydrogen) atoms. The van der Waals surface area contributed by atoms with Gasteiger partial charge in [-0.25, -0.2) is 14.2 Å². The summed E-state index contributed by atoms with van der Waals surface area (Å²) in [7, 11) is 0. The number of halogens is 1. The van der Waals surface area contributed by atoms with Gasteiger partial charge in [0, 0.05) is 12.7 Å². The standard InChI is InChI=1S/C16H14FN3O4/c1-3-20-7-11(16(22)23-4-2)14(21)10-5-12(17)13(19-15(10)20)9-6-18-24-8-9/h5-8H,3-4H2,1-2H3. The number of carbonyl (C=O) groups is 1.